The number of benzene rings is 1. The van der Waals surface area contributed by atoms with Gasteiger partial charge in [0, 0.05) is 4.90 Å². The van der Waals surface area contributed by atoms with E-state index in [9.17, 15) is 8.60 Å². The lowest BCUT2D eigenvalue weighted by Gasteiger charge is -1.98. The first-order chi connectivity index (χ1) is 6.25. The minimum Gasteiger partial charge on any atom is -0.372 e. The fourth-order valence-electron chi connectivity index (χ4n) is 1.04. The topological polar surface area (TPSA) is 29.6 Å². The van der Waals surface area contributed by atoms with Gasteiger partial charge in [0.25, 0.3) is 0 Å². The third-order valence-electron chi connectivity index (χ3n) is 1.80. The summed E-state index contributed by atoms with van der Waals surface area (Å²) < 4.78 is 29.2. The monoisotopic (exact) mass is 200 g/mol. The summed E-state index contributed by atoms with van der Waals surface area (Å²) in [5.41, 5.74) is 0. The van der Waals surface area contributed by atoms with Crippen LogP contribution in [0.5, 0.6) is 0 Å². The molecule has 2 nitrogen and oxygen atoms in total. The average Bonchev–Trinajstić information content (AvgIpc) is 2.88. The van der Waals surface area contributed by atoms with Gasteiger partial charge in [-0.15, -0.1) is 0 Å². The predicted octanol–water partition coefficient (Wildman–Crippen LogP) is 1.33. The number of hydrogen-bond donors (Lipinski definition) is 0. The van der Waals surface area contributed by atoms with Crippen LogP contribution >= 0.6 is 0 Å². The van der Waals surface area contributed by atoms with E-state index in [-0.39, 0.29) is 11.9 Å². The van der Waals surface area contributed by atoms with Gasteiger partial charge in [0.15, 0.2) is 0 Å². The van der Waals surface area contributed by atoms with E-state index in [1.807, 2.05) is 0 Å². The second-order valence-electron chi connectivity index (χ2n) is 2.92. The van der Waals surface area contributed by atoms with Crippen molar-refractivity contribution in [2.45, 2.75) is 11.0 Å². The Balaban J connectivity index is 2.09. The van der Waals surface area contributed by atoms with Crippen LogP contribution in [0.2, 0.25) is 0 Å². The molecule has 2 atom stereocenters. The molecule has 0 aromatic heterocycles. The Morgan fingerprint density at radius 1 is 1.62 bits per heavy atom. The number of hydrogen-bond acceptors (Lipinski definition) is 2. The molecule has 0 saturated carbocycles. The first-order valence-corrected chi connectivity index (χ1v) is 5.33. The molecule has 1 aliphatic rings. The lowest BCUT2D eigenvalue weighted by molar-refractivity contribution is 0.424. The molecule has 4 heteroatoms. The minimum absolute atomic E-state index is 0.115. The maximum Gasteiger partial charge on any atom is 0.124 e. The van der Waals surface area contributed by atoms with Crippen LogP contribution in [-0.2, 0) is 15.5 Å². The number of halogens is 1. The second kappa shape index (κ2) is 3.55. The Morgan fingerprint density at radius 2 is 2.38 bits per heavy atom. The van der Waals surface area contributed by atoms with Crippen LogP contribution in [0.4, 0.5) is 4.39 Å². The van der Waals surface area contributed by atoms with Crippen LogP contribution in [0.15, 0.2) is 29.2 Å². The smallest absolute Gasteiger partial charge is 0.124 e. The summed E-state index contributed by atoms with van der Waals surface area (Å²) in [6.07, 6.45) is 0.115. The summed E-state index contributed by atoms with van der Waals surface area (Å²) in [7, 11) is -1.13. The Hall–Kier alpha value is -0.740. The zero-order valence-corrected chi connectivity index (χ0v) is 7.72. The predicted molar refractivity (Wildman–Crippen MR) is 47.4 cm³/mol. The van der Waals surface area contributed by atoms with Gasteiger partial charge in [-0.25, -0.2) is 4.39 Å². The van der Waals surface area contributed by atoms with Gasteiger partial charge in [0.1, 0.15) is 5.82 Å². The third kappa shape index (κ3) is 2.35. The van der Waals surface area contributed by atoms with Gasteiger partial charge in [-0.2, -0.15) is 0 Å². The van der Waals surface area contributed by atoms with Gasteiger partial charge in [-0.3, -0.25) is 4.21 Å². The Bertz CT molecular complexity index is 336. The molecule has 1 aliphatic heterocycles. The summed E-state index contributed by atoms with van der Waals surface area (Å²) in [6.45, 7) is 0.682. The van der Waals surface area contributed by atoms with Crippen molar-refractivity contribution in [2.75, 3.05) is 12.4 Å². The molecule has 1 fully saturated rings. The zero-order chi connectivity index (χ0) is 9.26. The molecule has 2 rings (SSSR count). The van der Waals surface area contributed by atoms with Crippen molar-refractivity contribution in [1.82, 2.24) is 0 Å². The summed E-state index contributed by atoms with van der Waals surface area (Å²) in [4.78, 5) is 0.538. The number of rotatable bonds is 3. The first-order valence-electron chi connectivity index (χ1n) is 4.01. The van der Waals surface area contributed by atoms with Gasteiger partial charge in [-0.05, 0) is 18.2 Å². The number of ether oxygens (including phenoxy) is 1. The van der Waals surface area contributed by atoms with Crippen LogP contribution in [0.3, 0.4) is 0 Å². The molecule has 2 unspecified atom stereocenters. The van der Waals surface area contributed by atoms with Crippen molar-refractivity contribution in [3.05, 3.63) is 30.1 Å². The molecule has 0 aliphatic carbocycles. The molecule has 0 amide bonds. The van der Waals surface area contributed by atoms with E-state index >= 15 is 0 Å². The van der Waals surface area contributed by atoms with Crippen LogP contribution in [0.25, 0.3) is 0 Å². The normalized spacial score (nSPS) is 22.7. The van der Waals surface area contributed by atoms with Crippen molar-refractivity contribution >= 4 is 10.8 Å². The van der Waals surface area contributed by atoms with E-state index in [0.29, 0.717) is 17.3 Å². The minimum atomic E-state index is -1.13. The van der Waals surface area contributed by atoms with Gasteiger partial charge < -0.3 is 4.74 Å². The summed E-state index contributed by atoms with van der Waals surface area (Å²) >= 11 is 0. The molecule has 1 saturated heterocycles. The Kier molecular flexibility index (Phi) is 2.42. The summed E-state index contributed by atoms with van der Waals surface area (Å²) in [5, 5.41) is 0. The van der Waals surface area contributed by atoms with E-state index in [1.165, 1.54) is 12.1 Å². The fraction of sp³-hybridized carbons (Fsp3) is 0.333. The highest BCUT2D eigenvalue weighted by atomic mass is 32.2. The molecule has 0 spiro atoms. The van der Waals surface area contributed by atoms with Crippen LogP contribution < -0.4 is 0 Å². The Labute approximate surface area is 78.2 Å². The van der Waals surface area contributed by atoms with Crippen LogP contribution in [-0.4, -0.2) is 22.7 Å². The van der Waals surface area contributed by atoms with Crippen LogP contribution in [0.1, 0.15) is 0 Å². The molecule has 70 valence electrons. The molecule has 0 bridgehead atoms. The lowest BCUT2D eigenvalue weighted by atomic mass is 10.4. The zero-order valence-electron chi connectivity index (χ0n) is 6.90. The van der Waals surface area contributed by atoms with E-state index < -0.39 is 10.8 Å². The first kappa shape index (κ1) is 8.84. The largest absolute Gasteiger partial charge is 0.372 e. The van der Waals surface area contributed by atoms with Gasteiger partial charge >= 0.3 is 0 Å². The third-order valence-corrected chi connectivity index (χ3v) is 3.25. The van der Waals surface area contributed by atoms with Crippen molar-refractivity contribution in [2.24, 2.45) is 0 Å². The van der Waals surface area contributed by atoms with E-state index in [0.717, 1.165) is 0 Å². The molecular formula is C9H9FO2S. The molecule has 1 aromatic carbocycles. The van der Waals surface area contributed by atoms with Crippen molar-refractivity contribution in [1.29, 1.82) is 0 Å². The van der Waals surface area contributed by atoms with E-state index in [2.05, 4.69) is 0 Å². The van der Waals surface area contributed by atoms with Gasteiger partial charge in [0.05, 0.1) is 29.3 Å². The van der Waals surface area contributed by atoms with Crippen LogP contribution in [0, 0.1) is 5.82 Å². The molecule has 13 heavy (non-hydrogen) atoms. The lowest BCUT2D eigenvalue weighted by Crippen LogP contribution is -2.04. The van der Waals surface area contributed by atoms with Crippen molar-refractivity contribution in [3.8, 4) is 0 Å². The van der Waals surface area contributed by atoms with Crippen molar-refractivity contribution < 1.29 is 13.3 Å². The van der Waals surface area contributed by atoms with E-state index in [1.54, 1.807) is 12.1 Å². The highest BCUT2D eigenvalue weighted by molar-refractivity contribution is 7.85. The molecule has 1 aromatic rings. The number of epoxide rings is 1. The quantitative estimate of drug-likeness (QED) is 0.689. The second-order valence-corrected chi connectivity index (χ2v) is 4.42. The molecule has 1 heterocycles. The SMILES string of the molecule is O=S(CC1CO1)c1cccc(F)c1. The van der Waals surface area contributed by atoms with Gasteiger partial charge in [0.2, 0.25) is 0 Å². The highest BCUT2D eigenvalue weighted by Gasteiger charge is 2.25. The van der Waals surface area contributed by atoms with Crippen molar-refractivity contribution in [3.63, 3.8) is 0 Å². The molecule has 0 N–H and O–H groups in total. The maximum atomic E-state index is 12.7. The fourth-order valence-corrected chi connectivity index (χ4v) is 2.23. The van der Waals surface area contributed by atoms with Gasteiger partial charge in [-0.1, -0.05) is 6.07 Å². The standard InChI is InChI=1S/C9H9FO2S/c10-7-2-1-3-9(4-7)13(11)6-8-5-12-8/h1-4,8H,5-6H2. The van der Waals surface area contributed by atoms with E-state index in [4.69, 9.17) is 4.74 Å². The Morgan fingerprint density at radius 3 is 3.00 bits per heavy atom. The molecule has 0 radical (unpaired) electrons. The average molecular weight is 200 g/mol. The molecular weight excluding hydrogens is 191 g/mol. The highest BCUT2D eigenvalue weighted by Crippen LogP contribution is 2.15. The maximum absolute atomic E-state index is 12.7. The summed E-state index contributed by atoms with van der Waals surface area (Å²) in [5.74, 6) is 0.131. The summed E-state index contributed by atoms with van der Waals surface area (Å²) in [6, 6.07) is 5.88.